The second-order valence-corrected chi connectivity index (χ2v) is 7.67. The van der Waals surface area contributed by atoms with Crippen molar-refractivity contribution in [1.82, 2.24) is 19.4 Å². The average molecular weight is 360 g/mol. The molecule has 0 unspecified atom stereocenters. The van der Waals surface area contributed by atoms with E-state index in [0.29, 0.717) is 5.92 Å². The lowest BCUT2D eigenvalue weighted by Gasteiger charge is -2.40. The molecular formula is C22H24N4O. The summed E-state index contributed by atoms with van der Waals surface area (Å²) in [6.07, 6.45) is 6.68. The van der Waals surface area contributed by atoms with Gasteiger partial charge in [-0.15, -0.1) is 0 Å². The lowest BCUT2D eigenvalue weighted by atomic mass is 9.98. The van der Waals surface area contributed by atoms with Gasteiger partial charge in [0.05, 0.1) is 6.61 Å². The van der Waals surface area contributed by atoms with Gasteiger partial charge in [-0.1, -0.05) is 12.1 Å². The highest BCUT2D eigenvalue weighted by Gasteiger charge is 2.28. The number of hydrogen-bond donors (Lipinski definition) is 0. The smallest absolute Gasteiger partial charge is 0.140 e. The van der Waals surface area contributed by atoms with E-state index < -0.39 is 0 Å². The van der Waals surface area contributed by atoms with Crippen LogP contribution in [0.4, 0.5) is 0 Å². The number of benzene rings is 1. The molecule has 0 radical (unpaired) electrons. The maximum Gasteiger partial charge on any atom is 0.140 e. The van der Waals surface area contributed by atoms with Crippen molar-refractivity contribution in [1.29, 1.82) is 0 Å². The van der Waals surface area contributed by atoms with E-state index in [-0.39, 0.29) is 0 Å². The van der Waals surface area contributed by atoms with Crippen LogP contribution < -0.4 is 4.74 Å². The Morgan fingerprint density at radius 2 is 2.00 bits per heavy atom. The molecule has 0 N–H and O–H groups in total. The molecule has 1 aromatic carbocycles. The second-order valence-electron chi connectivity index (χ2n) is 7.67. The highest BCUT2D eigenvalue weighted by Crippen LogP contribution is 2.29. The summed E-state index contributed by atoms with van der Waals surface area (Å²) in [5.74, 6) is 2.79. The number of hydrogen-bond acceptors (Lipinski definition) is 4. The van der Waals surface area contributed by atoms with Crippen molar-refractivity contribution in [3.8, 4) is 17.1 Å². The molecule has 0 amide bonds. The fourth-order valence-electron chi connectivity index (χ4n) is 4.20. The van der Waals surface area contributed by atoms with E-state index in [1.54, 1.807) is 0 Å². The van der Waals surface area contributed by atoms with Crippen LogP contribution in [0.1, 0.15) is 16.8 Å². The average Bonchev–Trinajstić information content (AvgIpc) is 3.27. The third kappa shape index (κ3) is 3.23. The molecule has 5 nitrogen and oxygen atoms in total. The Morgan fingerprint density at radius 1 is 1.15 bits per heavy atom. The van der Waals surface area contributed by atoms with Crippen LogP contribution in [0.15, 0.2) is 48.9 Å². The zero-order chi connectivity index (χ0) is 18.2. The first-order valence-electron chi connectivity index (χ1n) is 9.66. The van der Waals surface area contributed by atoms with E-state index >= 15 is 0 Å². The standard InChI is InChI=1S/C22H24N4O/c1-16-11-24-22(19-4-7-23-8-5-19)26(16)15-18-13-25(14-18)12-17-2-3-21-20(10-17)6-9-27-21/h2-5,7-8,10-11,18H,6,9,12-15H2,1H3. The summed E-state index contributed by atoms with van der Waals surface area (Å²) in [5.41, 5.74) is 5.11. The predicted molar refractivity (Wildman–Crippen MR) is 105 cm³/mol. The number of aromatic nitrogens is 3. The van der Waals surface area contributed by atoms with Crippen LogP contribution in [0.3, 0.4) is 0 Å². The Labute approximate surface area is 159 Å². The van der Waals surface area contributed by atoms with E-state index in [1.807, 2.05) is 30.7 Å². The molecule has 2 aromatic heterocycles. The van der Waals surface area contributed by atoms with E-state index in [9.17, 15) is 0 Å². The number of imidazole rings is 1. The molecule has 4 heterocycles. The van der Waals surface area contributed by atoms with Crippen LogP contribution in [0, 0.1) is 12.8 Å². The van der Waals surface area contributed by atoms with Gasteiger partial charge in [0.25, 0.3) is 0 Å². The molecular weight excluding hydrogens is 336 g/mol. The van der Waals surface area contributed by atoms with Crippen molar-refractivity contribution >= 4 is 0 Å². The van der Waals surface area contributed by atoms with Gasteiger partial charge in [-0.3, -0.25) is 9.88 Å². The highest BCUT2D eigenvalue weighted by atomic mass is 16.5. The first-order valence-corrected chi connectivity index (χ1v) is 9.66. The lowest BCUT2D eigenvalue weighted by molar-refractivity contribution is 0.0803. The van der Waals surface area contributed by atoms with Crippen molar-refractivity contribution in [3.63, 3.8) is 0 Å². The quantitative estimate of drug-likeness (QED) is 0.700. The molecule has 1 saturated heterocycles. The van der Waals surface area contributed by atoms with Crippen molar-refractivity contribution in [2.24, 2.45) is 5.92 Å². The van der Waals surface area contributed by atoms with E-state index in [4.69, 9.17) is 4.74 Å². The zero-order valence-electron chi connectivity index (χ0n) is 15.6. The Bertz CT molecular complexity index is 944. The maximum atomic E-state index is 5.61. The van der Waals surface area contributed by atoms with Gasteiger partial charge in [0.1, 0.15) is 11.6 Å². The van der Waals surface area contributed by atoms with Gasteiger partial charge in [0.15, 0.2) is 0 Å². The monoisotopic (exact) mass is 360 g/mol. The minimum Gasteiger partial charge on any atom is -0.493 e. The van der Waals surface area contributed by atoms with Crippen molar-refractivity contribution < 1.29 is 4.74 Å². The molecule has 0 bridgehead atoms. The summed E-state index contributed by atoms with van der Waals surface area (Å²) in [6, 6.07) is 10.7. The SMILES string of the molecule is Cc1cnc(-c2ccncc2)n1CC1CN(Cc2ccc3c(c2)CCO3)C1. The number of aryl methyl sites for hydroxylation is 1. The van der Waals surface area contributed by atoms with Crippen LogP contribution in [-0.4, -0.2) is 39.1 Å². The van der Waals surface area contributed by atoms with E-state index in [1.165, 1.54) is 16.8 Å². The Hall–Kier alpha value is -2.66. The first kappa shape index (κ1) is 16.5. The van der Waals surface area contributed by atoms with Crippen LogP contribution in [-0.2, 0) is 19.5 Å². The molecule has 5 rings (SSSR count). The highest BCUT2D eigenvalue weighted by molar-refractivity contribution is 5.55. The normalized spacial score (nSPS) is 16.8. The zero-order valence-corrected chi connectivity index (χ0v) is 15.6. The van der Waals surface area contributed by atoms with Crippen LogP contribution in [0.2, 0.25) is 0 Å². The third-order valence-corrected chi connectivity index (χ3v) is 5.63. The maximum absolute atomic E-state index is 5.61. The third-order valence-electron chi connectivity index (χ3n) is 5.63. The number of rotatable bonds is 5. The van der Waals surface area contributed by atoms with E-state index in [0.717, 1.165) is 56.3 Å². The summed E-state index contributed by atoms with van der Waals surface area (Å²) >= 11 is 0. The molecule has 2 aliphatic heterocycles. The lowest BCUT2D eigenvalue weighted by Crippen LogP contribution is -2.47. The van der Waals surface area contributed by atoms with Crippen LogP contribution in [0.25, 0.3) is 11.4 Å². The molecule has 0 aliphatic carbocycles. The topological polar surface area (TPSA) is 43.2 Å². The van der Waals surface area contributed by atoms with E-state index in [2.05, 4.69) is 44.6 Å². The minimum absolute atomic E-state index is 0.677. The summed E-state index contributed by atoms with van der Waals surface area (Å²) in [4.78, 5) is 11.3. The van der Waals surface area contributed by atoms with Gasteiger partial charge in [-0.25, -0.2) is 4.98 Å². The molecule has 2 aliphatic rings. The van der Waals surface area contributed by atoms with Crippen molar-refractivity contribution in [2.45, 2.75) is 26.4 Å². The molecule has 27 heavy (non-hydrogen) atoms. The summed E-state index contributed by atoms with van der Waals surface area (Å²) in [7, 11) is 0. The molecule has 0 atom stereocenters. The van der Waals surface area contributed by atoms with Gasteiger partial charge in [-0.05, 0) is 36.2 Å². The Morgan fingerprint density at radius 3 is 2.85 bits per heavy atom. The summed E-state index contributed by atoms with van der Waals surface area (Å²) in [6.45, 7) is 7.30. The Balaban J connectivity index is 1.22. The van der Waals surface area contributed by atoms with Crippen molar-refractivity contribution in [2.75, 3.05) is 19.7 Å². The minimum atomic E-state index is 0.677. The summed E-state index contributed by atoms with van der Waals surface area (Å²) < 4.78 is 7.96. The molecule has 5 heteroatoms. The molecule has 0 spiro atoms. The number of nitrogens with zero attached hydrogens (tertiary/aromatic N) is 4. The molecule has 138 valence electrons. The Kier molecular flexibility index (Phi) is 4.17. The predicted octanol–water partition coefficient (Wildman–Crippen LogP) is 3.32. The number of ether oxygens (including phenoxy) is 1. The van der Waals surface area contributed by atoms with Crippen molar-refractivity contribution in [3.05, 3.63) is 65.7 Å². The van der Waals surface area contributed by atoms with Gasteiger partial charge < -0.3 is 9.30 Å². The molecule has 3 aromatic rings. The van der Waals surface area contributed by atoms with Crippen LogP contribution in [0.5, 0.6) is 5.75 Å². The van der Waals surface area contributed by atoms with Gasteiger partial charge in [0.2, 0.25) is 0 Å². The van der Waals surface area contributed by atoms with Gasteiger partial charge in [-0.2, -0.15) is 0 Å². The number of pyridine rings is 1. The first-order chi connectivity index (χ1) is 13.3. The number of fused-ring (bicyclic) bond motifs is 1. The molecule has 1 fully saturated rings. The fourth-order valence-corrected chi connectivity index (χ4v) is 4.20. The van der Waals surface area contributed by atoms with Gasteiger partial charge >= 0.3 is 0 Å². The largest absolute Gasteiger partial charge is 0.493 e. The second kappa shape index (κ2) is 6.82. The molecule has 0 saturated carbocycles. The van der Waals surface area contributed by atoms with Gasteiger partial charge in [0, 0.05) is 68.4 Å². The number of likely N-dealkylation sites (tertiary alicyclic amines) is 1. The summed E-state index contributed by atoms with van der Waals surface area (Å²) in [5, 5.41) is 0. The fraction of sp³-hybridized carbons (Fsp3) is 0.364. The van der Waals surface area contributed by atoms with Crippen LogP contribution >= 0.6 is 0 Å².